The lowest BCUT2D eigenvalue weighted by molar-refractivity contribution is -0.132. The number of nitrogens with one attached hydrogen (secondary N) is 5. The zero-order valence-electron chi connectivity index (χ0n) is 38.0. The molecule has 1 aromatic heterocycles. The number of carbonyl (C=O) groups is 5. The quantitative estimate of drug-likeness (QED) is 0.0980. The summed E-state index contributed by atoms with van der Waals surface area (Å²) in [6.45, 7) is 9.05. The first-order chi connectivity index (χ1) is 31.5. The maximum atomic E-state index is 14.7. The van der Waals surface area contributed by atoms with Gasteiger partial charge in [0.2, 0.25) is 17.7 Å². The van der Waals surface area contributed by atoms with Crippen LogP contribution in [0.2, 0.25) is 0 Å². The molecule has 6 amide bonds. The molecule has 7 rings (SSSR count). The largest absolute Gasteiger partial charge is 0.497 e. The Morgan fingerprint density at radius 3 is 2.21 bits per heavy atom. The Bertz CT molecular complexity index is 2580. The Morgan fingerprint density at radius 2 is 1.59 bits per heavy atom. The van der Waals surface area contributed by atoms with Crippen molar-refractivity contribution in [3.63, 3.8) is 0 Å². The third-order valence-electron chi connectivity index (χ3n) is 12.8. The van der Waals surface area contributed by atoms with Crippen LogP contribution >= 0.6 is 0 Å². The molecule has 2 heterocycles. The maximum absolute atomic E-state index is 14.7. The van der Waals surface area contributed by atoms with E-state index in [1.165, 1.54) is 42.3 Å². The molecule has 3 fully saturated rings. The van der Waals surface area contributed by atoms with Crippen LogP contribution in [0.25, 0.3) is 22.2 Å². The number of benzene rings is 3. The van der Waals surface area contributed by atoms with Gasteiger partial charge in [0.15, 0.2) is 0 Å². The van der Waals surface area contributed by atoms with Crippen molar-refractivity contribution in [1.82, 2.24) is 35.9 Å². The van der Waals surface area contributed by atoms with Gasteiger partial charge in [0, 0.05) is 42.5 Å². The molecule has 2 unspecified atom stereocenters. The normalized spacial score (nSPS) is 21.7. The highest BCUT2D eigenvalue weighted by Gasteiger charge is 2.61. The third kappa shape index (κ3) is 10.3. The lowest BCUT2D eigenvalue weighted by Gasteiger charge is -2.36. The maximum Gasteiger partial charge on any atom is 0.318 e. The Kier molecular flexibility index (Phi) is 14.1. The second-order valence-electron chi connectivity index (χ2n) is 18.4. The van der Waals surface area contributed by atoms with E-state index in [-0.39, 0.29) is 36.1 Å². The number of amides is 6. The standard InChI is InChI=1S/C49H59N7O9S/c1-7-32-28-49(32,46(60)55-66(62,63)35-21-15-10-16-22-35)54-43(57)39-26-34(65-40-27-37(30-17-11-8-12-18-30)51-38-25-33(64-6)23-24-36(38)40)29-56(39)47(61)53-42(48(2,3)4)45(59)52-41(44(58)50-5)31-19-13-9-14-20-31/h7-8,10-12,15-18,21-25,27,31-32,34,39,41-42H,1,9,13-14,19-20,26,28-29H2,2-6H3,(H,50,58)(H,52,59)(H,53,61)(H,54,57)(H,55,60)/t32?,34?,39-,41-,42+,49+/m0/s1. The summed E-state index contributed by atoms with van der Waals surface area (Å²) in [6.07, 6.45) is 5.15. The first-order valence-corrected chi connectivity index (χ1v) is 23.8. The fourth-order valence-electron chi connectivity index (χ4n) is 9.04. The first kappa shape index (κ1) is 47.5. The summed E-state index contributed by atoms with van der Waals surface area (Å²) in [7, 11) is -1.24. The van der Waals surface area contributed by atoms with Crippen molar-refractivity contribution >= 4 is 50.6 Å². The van der Waals surface area contributed by atoms with E-state index < -0.39 is 74.9 Å². The Labute approximate surface area is 385 Å². The van der Waals surface area contributed by atoms with E-state index in [1.54, 1.807) is 52.1 Å². The fourth-order valence-corrected chi connectivity index (χ4v) is 10.1. The van der Waals surface area contributed by atoms with Crippen LogP contribution in [-0.2, 0) is 29.2 Å². The smallest absolute Gasteiger partial charge is 0.318 e. The Hall–Kier alpha value is -6.49. The number of rotatable bonds is 15. The second kappa shape index (κ2) is 19.5. The van der Waals surface area contributed by atoms with Crippen LogP contribution in [0.5, 0.6) is 11.5 Å². The van der Waals surface area contributed by atoms with Crippen molar-refractivity contribution in [1.29, 1.82) is 0 Å². The van der Waals surface area contributed by atoms with Gasteiger partial charge in [-0.1, -0.05) is 94.6 Å². The van der Waals surface area contributed by atoms with Gasteiger partial charge in [-0.3, -0.25) is 19.2 Å². The highest BCUT2D eigenvalue weighted by atomic mass is 32.2. The van der Waals surface area contributed by atoms with Crippen LogP contribution < -0.4 is 35.5 Å². The molecule has 3 aliphatic rings. The van der Waals surface area contributed by atoms with Crippen LogP contribution in [0, 0.1) is 17.3 Å². The molecule has 4 aromatic rings. The number of sulfonamides is 1. The number of carbonyl (C=O) groups excluding carboxylic acids is 5. The van der Waals surface area contributed by atoms with Gasteiger partial charge in [0.05, 0.1) is 29.8 Å². The van der Waals surface area contributed by atoms with E-state index in [1.807, 2.05) is 36.4 Å². The van der Waals surface area contributed by atoms with Crippen LogP contribution in [0.1, 0.15) is 65.7 Å². The molecule has 1 saturated heterocycles. The minimum atomic E-state index is -4.32. The van der Waals surface area contributed by atoms with E-state index in [0.717, 1.165) is 37.7 Å². The van der Waals surface area contributed by atoms with Crippen LogP contribution in [-0.4, -0.2) is 98.4 Å². The van der Waals surface area contributed by atoms with Crippen LogP contribution in [0.15, 0.2) is 102 Å². The third-order valence-corrected chi connectivity index (χ3v) is 14.2. The van der Waals surface area contributed by atoms with Gasteiger partial charge in [-0.15, -0.1) is 6.58 Å². The SMILES string of the molecule is C=CC1C[C@]1(NC(=O)[C@@H]1CC(Oc2cc(-c3ccccc3)nc3cc(OC)ccc23)CN1C(=O)N[C@H](C(=O)N[C@H](C(=O)NC)C1CCCCC1)C(C)(C)C)C(=O)NS(=O)(=O)c1ccccc1. The molecule has 16 nitrogen and oxygen atoms in total. The van der Waals surface area contributed by atoms with Gasteiger partial charge >= 0.3 is 6.03 Å². The van der Waals surface area contributed by atoms with Crippen LogP contribution in [0.3, 0.4) is 0 Å². The van der Waals surface area contributed by atoms with Gasteiger partial charge in [-0.25, -0.2) is 22.9 Å². The summed E-state index contributed by atoms with van der Waals surface area (Å²) in [4.78, 5) is 76.8. The number of likely N-dealkylation sites (tertiary alicyclic amines) is 1. The van der Waals surface area contributed by atoms with Crippen molar-refractivity contribution < 1.29 is 41.9 Å². The average molecular weight is 922 g/mol. The van der Waals surface area contributed by atoms with Crippen molar-refractivity contribution in [2.45, 2.75) is 100 Å². The molecule has 3 aromatic carbocycles. The molecular weight excluding hydrogens is 863 g/mol. The number of fused-ring (bicyclic) bond motifs is 1. The van der Waals surface area contributed by atoms with E-state index in [0.29, 0.717) is 28.1 Å². The number of ether oxygens (including phenoxy) is 2. The lowest BCUT2D eigenvalue weighted by atomic mass is 9.82. The molecule has 66 heavy (non-hydrogen) atoms. The zero-order valence-corrected chi connectivity index (χ0v) is 38.8. The van der Waals surface area contributed by atoms with Crippen LogP contribution in [0.4, 0.5) is 4.79 Å². The second-order valence-corrected chi connectivity index (χ2v) is 20.1. The molecule has 2 saturated carbocycles. The van der Waals surface area contributed by atoms with E-state index in [4.69, 9.17) is 14.5 Å². The molecule has 5 N–H and O–H groups in total. The fraction of sp³-hybridized carbons (Fsp3) is 0.429. The number of hydrogen-bond acceptors (Lipinski definition) is 10. The molecule has 350 valence electrons. The minimum absolute atomic E-state index is 0.0501. The number of pyridine rings is 1. The predicted octanol–water partition coefficient (Wildman–Crippen LogP) is 5.23. The van der Waals surface area contributed by atoms with E-state index in [2.05, 4.69) is 32.6 Å². The van der Waals surface area contributed by atoms with E-state index >= 15 is 0 Å². The van der Waals surface area contributed by atoms with Gasteiger partial charge in [0.25, 0.3) is 15.9 Å². The Morgan fingerprint density at radius 1 is 0.909 bits per heavy atom. The minimum Gasteiger partial charge on any atom is -0.497 e. The highest BCUT2D eigenvalue weighted by Crippen LogP contribution is 2.45. The summed E-state index contributed by atoms with van der Waals surface area (Å²) in [6, 6.07) is 20.1. The number of urea groups is 1. The summed E-state index contributed by atoms with van der Waals surface area (Å²) < 4.78 is 40.9. The molecule has 1 aliphatic heterocycles. The monoisotopic (exact) mass is 921 g/mol. The summed E-state index contributed by atoms with van der Waals surface area (Å²) >= 11 is 0. The van der Waals surface area contributed by atoms with E-state index in [9.17, 15) is 32.4 Å². The molecule has 0 bridgehead atoms. The van der Waals surface area contributed by atoms with Crippen molar-refractivity contribution in [3.05, 3.63) is 97.6 Å². The zero-order chi connectivity index (χ0) is 47.4. The number of hydrogen-bond donors (Lipinski definition) is 5. The van der Waals surface area contributed by atoms with Gasteiger partial charge < -0.3 is 35.6 Å². The molecule has 17 heteroatoms. The van der Waals surface area contributed by atoms with Gasteiger partial charge in [0.1, 0.15) is 41.3 Å². The van der Waals surface area contributed by atoms with Crippen molar-refractivity contribution in [3.8, 4) is 22.8 Å². The number of methoxy groups -OCH3 is 1. The number of likely N-dealkylation sites (N-methyl/N-ethyl adjacent to an activating group) is 1. The predicted molar refractivity (Wildman–Crippen MR) is 249 cm³/mol. The average Bonchev–Trinajstić information content (AvgIpc) is 3.87. The van der Waals surface area contributed by atoms with Gasteiger partial charge in [-0.2, -0.15) is 0 Å². The highest BCUT2D eigenvalue weighted by molar-refractivity contribution is 7.90. The van der Waals surface area contributed by atoms with Crippen molar-refractivity contribution in [2.75, 3.05) is 20.7 Å². The molecular formula is C49H59N7O9S. The summed E-state index contributed by atoms with van der Waals surface area (Å²) in [5, 5.41) is 12.0. The summed E-state index contributed by atoms with van der Waals surface area (Å²) in [5.41, 5.74) is -0.538. The lowest BCUT2D eigenvalue weighted by Crippen LogP contribution is -2.62. The Balaban J connectivity index is 1.20. The molecule has 0 radical (unpaired) electrons. The summed E-state index contributed by atoms with van der Waals surface area (Å²) in [5.74, 6) is -2.26. The number of aromatic nitrogens is 1. The topological polar surface area (TPSA) is 214 Å². The van der Waals surface area contributed by atoms with Crippen molar-refractivity contribution in [2.24, 2.45) is 17.3 Å². The first-order valence-electron chi connectivity index (χ1n) is 22.3. The molecule has 6 atom stereocenters. The van der Waals surface area contributed by atoms with Gasteiger partial charge in [-0.05, 0) is 54.9 Å². The molecule has 2 aliphatic carbocycles. The molecule has 0 spiro atoms. The number of nitrogens with zero attached hydrogens (tertiary/aromatic N) is 2.